The monoisotopic (exact) mass is 649 g/mol. The molecule has 5 heterocycles. The van der Waals surface area contributed by atoms with Crippen LogP contribution in [-0.2, 0) is 0 Å². The summed E-state index contributed by atoms with van der Waals surface area (Å²) in [4.78, 5) is 13.9. The summed E-state index contributed by atoms with van der Waals surface area (Å²) in [5.74, 6) is -0.0719. The smallest absolute Gasteiger partial charge is 0.319 e. The number of nitriles is 1. The number of benzene rings is 2. The van der Waals surface area contributed by atoms with E-state index in [4.69, 9.17) is 27.1 Å². The third kappa shape index (κ3) is 5.18. The van der Waals surface area contributed by atoms with Crippen molar-refractivity contribution in [2.75, 3.05) is 50.0 Å². The molecule has 0 unspecified atom stereocenters. The minimum atomic E-state index is -0.629. The molecule has 0 aliphatic carbocycles. The molecule has 3 saturated heterocycles. The van der Waals surface area contributed by atoms with Gasteiger partial charge in [-0.3, -0.25) is 0 Å². The SMILES string of the molecule is CCN1CC/C(=C\F)[C@](C)(COc2nc(N3C[C@H]4CC[C@@H](C3)N4)c3cc(Cl)c(-c4cccc5sc(N)c(C#N)c45)c(F)c3n2)C1. The maximum atomic E-state index is 16.9. The Hall–Kier alpha value is -3.56. The van der Waals surface area contributed by atoms with Crippen LogP contribution < -0.4 is 20.7 Å². The van der Waals surface area contributed by atoms with E-state index in [1.54, 1.807) is 18.2 Å². The maximum absolute atomic E-state index is 16.9. The van der Waals surface area contributed by atoms with E-state index in [0.29, 0.717) is 82.8 Å². The van der Waals surface area contributed by atoms with Gasteiger partial charge in [0.2, 0.25) is 0 Å². The molecule has 7 rings (SSSR count). The Labute approximate surface area is 269 Å². The Morgan fingerprint density at radius 2 is 2.07 bits per heavy atom. The van der Waals surface area contributed by atoms with Crippen LogP contribution in [0.25, 0.3) is 32.1 Å². The van der Waals surface area contributed by atoms with Gasteiger partial charge >= 0.3 is 6.01 Å². The molecule has 3 aliphatic rings. The van der Waals surface area contributed by atoms with Gasteiger partial charge in [0.15, 0.2) is 5.82 Å². The molecule has 3 atom stereocenters. The second kappa shape index (κ2) is 11.7. The van der Waals surface area contributed by atoms with E-state index >= 15 is 4.39 Å². The first-order valence-electron chi connectivity index (χ1n) is 15.3. The topological polar surface area (TPSA) is 103 Å². The molecule has 2 aromatic carbocycles. The third-order valence-corrected chi connectivity index (χ3v) is 10.9. The molecule has 45 heavy (non-hydrogen) atoms. The molecule has 0 radical (unpaired) electrons. The van der Waals surface area contributed by atoms with Crippen LogP contribution in [0.3, 0.4) is 0 Å². The first kappa shape index (κ1) is 30.1. The number of nitrogens with two attached hydrogens (primary N) is 1. The van der Waals surface area contributed by atoms with Crippen LogP contribution in [-0.4, -0.2) is 66.3 Å². The number of ether oxygens (including phenoxy) is 1. The summed E-state index contributed by atoms with van der Waals surface area (Å²) in [7, 11) is 0. The molecule has 3 N–H and O–H groups in total. The number of nitrogen functional groups attached to an aromatic ring is 1. The van der Waals surface area contributed by atoms with E-state index in [9.17, 15) is 9.65 Å². The Morgan fingerprint density at radius 1 is 1.29 bits per heavy atom. The van der Waals surface area contributed by atoms with Gasteiger partial charge in [0.05, 0.1) is 16.9 Å². The minimum absolute atomic E-state index is 0.0271. The average Bonchev–Trinajstić information content (AvgIpc) is 3.56. The molecule has 234 valence electrons. The summed E-state index contributed by atoms with van der Waals surface area (Å²) in [5, 5.41) is 15.1. The van der Waals surface area contributed by atoms with Crippen molar-refractivity contribution in [1.82, 2.24) is 20.2 Å². The van der Waals surface area contributed by atoms with Crippen LogP contribution in [0, 0.1) is 22.6 Å². The summed E-state index contributed by atoms with van der Waals surface area (Å²) < 4.78 is 38.0. The molecule has 0 amide bonds. The normalized spacial score (nSPS) is 24.5. The zero-order valence-corrected chi connectivity index (χ0v) is 26.7. The maximum Gasteiger partial charge on any atom is 0.319 e. The second-order valence-electron chi connectivity index (χ2n) is 12.6. The zero-order valence-electron chi connectivity index (χ0n) is 25.2. The number of rotatable bonds is 6. The van der Waals surface area contributed by atoms with Crippen molar-refractivity contribution in [3.8, 4) is 23.2 Å². The van der Waals surface area contributed by atoms with E-state index in [0.717, 1.165) is 30.6 Å². The Kier molecular flexibility index (Phi) is 7.80. The molecule has 0 saturated carbocycles. The van der Waals surface area contributed by atoms with Crippen LogP contribution in [0.2, 0.25) is 5.02 Å². The molecule has 3 fully saturated rings. The number of halogens is 3. The quantitative estimate of drug-likeness (QED) is 0.239. The number of piperazine rings is 1. The lowest BCUT2D eigenvalue weighted by molar-refractivity contribution is 0.0977. The summed E-state index contributed by atoms with van der Waals surface area (Å²) in [6, 6.07) is 9.92. The number of thiophene rings is 1. The van der Waals surface area contributed by atoms with Gasteiger partial charge in [-0.2, -0.15) is 15.2 Å². The molecule has 8 nitrogen and oxygen atoms in total. The highest BCUT2D eigenvalue weighted by Gasteiger charge is 2.37. The largest absolute Gasteiger partial charge is 0.462 e. The number of nitrogens with zero attached hydrogens (tertiary/aromatic N) is 5. The molecule has 2 aromatic heterocycles. The second-order valence-corrected chi connectivity index (χ2v) is 14.0. The molecular weight excluding hydrogens is 616 g/mol. The lowest BCUT2D eigenvalue weighted by Gasteiger charge is -2.41. The van der Waals surface area contributed by atoms with Gasteiger partial charge in [0.25, 0.3) is 0 Å². The van der Waals surface area contributed by atoms with Crippen LogP contribution in [0.5, 0.6) is 6.01 Å². The molecule has 3 aliphatic heterocycles. The van der Waals surface area contributed by atoms with E-state index in [2.05, 4.69) is 33.1 Å². The number of fused-ring (bicyclic) bond motifs is 4. The third-order valence-electron chi connectivity index (χ3n) is 9.63. The fraction of sp³-hybridized carbons (Fsp3) is 0.424. The number of piperidine rings is 1. The molecule has 12 heteroatoms. The van der Waals surface area contributed by atoms with E-state index in [1.165, 1.54) is 11.3 Å². The molecule has 0 spiro atoms. The number of hydrogen-bond donors (Lipinski definition) is 2. The predicted octanol–water partition coefficient (Wildman–Crippen LogP) is 6.66. The van der Waals surface area contributed by atoms with Crippen molar-refractivity contribution >= 4 is 54.7 Å². The standard InChI is InChI=1S/C33H34ClF2N7OS/c1-3-42-10-9-18(12-35)33(2,16-42)17-44-32-40-29-22(31(41-32)43-14-19-7-8-20(15-43)39-19)11-24(34)27(28(29)36)21-5-4-6-25-26(21)23(13-37)30(38)45-25/h4-6,11-12,19-20,39H,3,7-10,14-17,38H2,1-2H3/b18-12+/t19-,20+,33-/m0/s1. The van der Waals surface area contributed by atoms with Gasteiger partial charge in [-0.25, -0.2) is 8.78 Å². The van der Waals surface area contributed by atoms with E-state index in [-0.39, 0.29) is 28.7 Å². The van der Waals surface area contributed by atoms with Crippen molar-refractivity contribution in [1.29, 1.82) is 5.26 Å². The summed E-state index contributed by atoms with van der Waals surface area (Å²) in [5.41, 5.74) is 7.23. The van der Waals surface area contributed by atoms with Gasteiger partial charge in [0.1, 0.15) is 29.0 Å². The zero-order chi connectivity index (χ0) is 31.5. The first-order chi connectivity index (χ1) is 21.7. The van der Waals surface area contributed by atoms with Crippen molar-refractivity contribution in [3.05, 3.63) is 52.6 Å². The van der Waals surface area contributed by atoms with Crippen molar-refractivity contribution in [3.63, 3.8) is 0 Å². The van der Waals surface area contributed by atoms with E-state index < -0.39 is 11.2 Å². The highest BCUT2D eigenvalue weighted by Crippen LogP contribution is 2.45. The fourth-order valence-electron chi connectivity index (χ4n) is 7.24. The number of hydrogen-bond acceptors (Lipinski definition) is 9. The van der Waals surface area contributed by atoms with Crippen LogP contribution in [0.1, 0.15) is 38.7 Å². The molecular formula is C33H34ClF2N7OS. The Morgan fingerprint density at radius 3 is 2.78 bits per heavy atom. The van der Waals surface area contributed by atoms with Crippen LogP contribution in [0.15, 0.2) is 36.2 Å². The lowest BCUT2D eigenvalue weighted by Crippen LogP contribution is -2.51. The van der Waals surface area contributed by atoms with Gasteiger partial charge < -0.3 is 25.6 Å². The van der Waals surface area contributed by atoms with Crippen molar-refractivity contribution in [2.45, 2.75) is 45.2 Å². The summed E-state index contributed by atoms with van der Waals surface area (Å²) in [6.45, 7) is 7.88. The number of aromatic nitrogens is 2. The van der Waals surface area contributed by atoms with Crippen molar-refractivity contribution in [2.24, 2.45) is 5.41 Å². The van der Waals surface area contributed by atoms with Gasteiger partial charge in [-0.1, -0.05) is 37.6 Å². The van der Waals surface area contributed by atoms with Crippen LogP contribution in [0.4, 0.5) is 19.6 Å². The van der Waals surface area contributed by atoms with Crippen LogP contribution >= 0.6 is 22.9 Å². The Balaban J connectivity index is 1.37. The summed E-state index contributed by atoms with van der Waals surface area (Å²) in [6.07, 6.45) is 3.43. The molecule has 4 aromatic rings. The predicted molar refractivity (Wildman–Crippen MR) is 176 cm³/mol. The lowest BCUT2D eigenvalue weighted by atomic mass is 9.78. The Bertz CT molecular complexity index is 1880. The first-order valence-corrected chi connectivity index (χ1v) is 16.5. The average molecular weight is 650 g/mol. The van der Waals surface area contributed by atoms with Gasteiger partial charge in [-0.05, 0) is 49.1 Å². The van der Waals surface area contributed by atoms with Gasteiger partial charge in [0, 0.05) is 64.7 Å². The fourth-order valence-corrected chi connectivity index (χ4v) is 8.48. The molecule has 2 bridgehead atoms. The number of anilines is 2. The van der Waals surface area contributed by atoms with E-state index in [1.807, 2.05) is 13.0 Å². The van der Waals surface area contributed by atoms with Crippen molar-refractivity contribution < 1.29 is 13.5 Å². The van der Waals surface area contributed by atoms with Gasteiger partial charge in [-0.15, -0.1) is 11.3 Å². The minimum Gasteiger partial charge on any atom is -0.462 e. The highest BCUT2D eigenvalue weighted by molar-refractivity contribution is 7.23. The number of likely N-dealkylation sites (tertiary alicyclic amines) is 1. The highest BCUT2D eigenvalue weighted by atomic mass is 35.5. The summed E-state index contributed by atoms with van der Waals surface area (Å²) >= 11 is 8.17. The number of nitrogens with one attached hydrogen (secondary N) is 1.